The number of amides is 2. The highest BCUT2D eigenvalue weighted by Crippen LogP contribution is 2.07. The van der Waals surface area contributed by atoms with Gasteiger partial charge in [0, 0.05) is 0 Å². The summed E-state index contributed by atoms with van der Waals surface area (Å²) in [6, 6.07) is 2.43. The smallest absolute Gasteiger partial charge is 0.326 e. The van der Waals surface area contributed by atoms with Gasteiger partial charge in [-0.1, -0.05) is 19.9 Å². The van der Waals surface area contributed by atoms with E-state index in [4.69, 9.17) is 5.11 Å². The second kappa shape index (κ2) is 6.89. The number of carbonyl (C=O) groups is 3. The van der Waals surface area contributed by atoms with Gasteiger partial charge in [-0.15, -0.1) is 11.3 Å². The number of carbonyl (C=O) groups excluding carboxylic acids is 2. The molecule has 104 valence electrons. The Morgan fingerprint density at radius 1 is 1.37 bits per heavy atom. The van der Waals surface area contributed by atoms with Crippen molar-refractivity contribution in [1.82, 2.24) is 10.6 Å². The maximum absolute atomic E-state index is 11.6. The second-order valence-corrected chi connectivity index (χ2v) is 5.24. The van der Waals surface area contributed by atoms with Gasteiger partial charge in [0.1, 0.15) is 6.04 Å². The van der Waals surface area contributed by atoms with Crippen LogP contribution in [-0.4, -0.2) is 35.5 Å². The maximum Gasteiger partial charge on any atom is 0.326 e. The minimum atomic E-state index is -1.09. The van der Waals surface area contributed by atoms with Crippen LogP contribution in [0.1, 0.15) is 23.5 Å². The largest absolute Gasteiger partial charge is 0.480 e. The normalized spacial score (nSPS) is 11.9. The molecule has 0 aliphatic heterocycles. The number of hydrogen-bond donors (Lipinski definition) is 3. The lowest BCUT2D eigenvalue weighted by atomic mass is 10.1. The molecule has 6 nitrogen and oxygen atoms in total. The molecule has 0 aliphatic rings. The molecule has 0 saturated heterocycles. The number of carboxylic acid groups (broad SMARTS) is 1. The highest BCUT2D eigenvalue weighted by Gasteiger charge is 2.23. The van der Waals surface area contributed by atoms with Gasteiger partial charge in [0.05, 0.1) is 11.4 Å². The number of nitrogens with one attached hydrogen (secondary N) is 2. The van der Waals surface area contributed by atoms with Gasteiger partial charge in [-0.3, -0.25) is 9.59 Å². The lowest BCUT2D eigenvalue weighted by Crippen LogP contribution is -2.47. The number of carboxylic acids is 1. The van der Waals surface area contributed by atoms with Gasteiger partial charge < -0.3 is 15.7 Å². The molecule has 0 aromatic carbocycles. The standard InChI is InChI=1S/C12H16N2O4S/c1-7(2)10(12(17)18)14-9(15)6-13-11(16)8-4-3-5-19-8/h3-5,7,10H,6H2,1-2H3,(H,13,16)(H,14,15)(H,17,18). The fourth-order valence-corrected chi connectivity index (χ4v) is 2.03. The van der Waals surface area contributed by atoms with Crippen molar-refractivity contribution in [3.8, 4) is 0 Å². The van der Waals surface area contributed by atoms with Crippen molar-refractivity contribution >= 4 is 29.1 Å². The van der Waals surface area contributed by atoms with Gasteiger partial charge in [0.25, 0.3) is 5.91 Å². The Morgan fingerprint density at radius 2 is 2.05 bits per heavy atom. The minimum Gasteiger partial charge on any atom is -0.480 e. The predicted molar refractivity (Wildman–Crippen MR) is 71.1 cm³/mol. The van der Waals surface area contributed by atoms with E-state index in [-0.39, 0.29) is 18.4 Å². The average Bonchev–Trinajstić information content (AvgIpc) is 2.85. The lowest BCUT2D eigenvalue weighted by molar-refractivity contribution is -0.142. The van der Waals surface area contributed by atoms with Crippen LogP contribution in [0.3, 0.4) is 0 Å². The molecule has 0 bridgehead atoms. The van der Waals surface area contributed by atoms with Crippen LogP contribution < -0.4 is 10.6 Å². The molecule has 3 N–H and O–H groups in total. The van der Waals surface area contributed by atoms with Crippen LogP contribution in [0.2, 0.25) is 0 Å². The van der Waals surface area contributed by atoms with E-state index >= 15 is 0 Å². The molecule has 7 heteroatoms. The Kier molecular flexibility index (Phi) is 5.50. The Hall–Kier alpha value is -1.89. The first-order chi connectivity index (χ1) is 8.91. The molecule has 1 heterocycles. The molecule has 0 spiro atoms. The van der Waals surface area contributed by atoms with Crippen molar-refractivity contribution in [3.63, 3.8) is 0 Å². The van der Waals surface area contributed by atoms with Crippen molar-refractivity contribution in [2.45, 2.75) is 19.9 Å². The molecule has 1 aromatic rings. The second-order valence-electron chi connectivity index (χ2n) is 4.29. The van der Waals surface area contributed by atoms with Crippen LogP contribution >= 0.6 is 11.3 Å². The van der Waals surface area contributed by atoms with Crippen molar-refractivity contribution in [1.29, 1.82) is 0 Å². The van der Waals surface area contributed by atoms with Gasteiger partial charge in [0.2, 0.25) is 5.91 Å². The van der Waals surface area contributed by atoms with Crippen LogP contribution in [0.5, 0.6) is 0 Å². The summed E-state index contributed by atoms with van der Waals surface area (Å²) < 4.78 is 0. The Bertz CT molecular complexity index is 456. The van der Waals surface area contributed by atoms with Crippen LogP contribution in [-0.2, 0) is 9.59 Å². The summed E-state index contributed by atoms with van der Waals surface area (Å²) in [6.45, 7) is 3.15. The third-order valence-corrected chi connectivity index (χ3v) is 3.27. The molecule has 19 heavy (non-hydrogen) atoms. The van der Waals surface area contributed by atoms with E-state index in [0.717, 1.165) is 0 Å². The summed E-state index contributed by atoms with van der Waals surface area (Å²) in [5, 5.41) is 15.5. The van der Waals surface area contributed by atoms with E-state index in [1.807, 2.05) is 0 Å². The van der Waals surface area contributed by atoms with Crippen molar-refractivity contribution in [2.24, 2.45) is 5.92 Å². The first-order valence-corrected chi connectivity index (χ1v) is 6.63. The molecule has 1 rings (SSSR count). The van der Waals surface area contributed by atoms with Crippen molar-refractivity contribution < 1.29 is 19.5 Å². The Balaban J connectivity index is 2.43. The monoisotopic (exact) mass is 284 g/mol. The average molecular weight is 284 g/mol. The highest BCUT2D eigenvalue weighted by atomic mass is 32.1. The first-order valence-electron chi connectivity index (χ1n) is 5.75. The summed E-state index contributed by atoms with van der Waals surface area (Å²) in [4.78, 5) is 34.5. The molecule has 1 aromatic heterocycles. The molecule has 0 radical (unpaired) electrons. The Labute approximate surface area is 114 Å². The lowest BCUT2D eigenvalue weighted by Gasteiger charge is -2.17. The predicted octanol–water partition coefficient (Wildman–Crippen LogP) is 0.703. The van der Waals surface area contributed by atoms with Crippen LogP contribution in [0.25, 0.3) is 0 Å². The number of hydrogen-bond acceptors (Lipinski definition) is 4. The quantitative estimate of drug-likeness (QED) is 0.716. The van der Waals surface area contributed by atoms with Gasteiger partial charge >= 0.3 is 5.97 Å². The van der Waals surface area contributed by atoms with E-state index in [9.17, 15) is 14.4 Å². The van der Waals surface area contributed by atoms with E-state index < -0.39 is 17.9 Å². The zero-order valence-corrected chi connectivity index (χ0v) is 11.5. The van der Waals surface area contributed by atoms with Crippen molar-refractivity contribution in [3.05, 3.63) is 22.4 Å². The fraction of sp³-hybridized carbons (Fsp3) is 0.417. The molecule has 2 amide bonds. The number of aliphatic carboxylic acids is 1. The summed E-state index contributed by atoms with van der Waals surface area (Å²) in [5.74, 6) is -2.19. The third kappa shape index (κ3) is 4.70. The van der Waals surface area contributed by atoms with E-state index in [1.165, 1.54) is 11.3 Å². The zero-order valence-electron chi connectivity index (χ0n) is 10.7. The zero-order chi connectivity index (χ0) is 14.4. The molecule has 0 aliphatic carbocycles. The van der Waals surface area contributed by atoms with Crippen LogP contribution in [0.15, 0.2) is 17.5 Å². The fourth-order valence-electron chi connectivity index (χ4n) is 1.39. The molecular formula is C12H16N2O4S. The van der Waals surface area contributed by atoms with Crippen molar-refractivity contribution in [2.75, 3.05) is 6.54 Å². The summed E-state index contributed by atoms with van der Waals surface area (Å²) in [5.41, 5.74) is 0. The van der Waals surface area contributed by atoms with Crippen LogP contribution in [0.4, 0.5) is 0 Å². The summed E-state index contributed by atoms with van der Waals surface area (Å²) >= 11 is 1.27. The molecule has 1 unspecified atom stereocenters. The van der Waals surface area contributed by atoms with Crippen LogP contribution in [0, 0.1) is 5.92 Å². The highest BCUT2D eigenvalue weighted by molar-refractivity contribution is 7.12. The van der Waals surface area contributed by atoms with E-state index in [0.29, 0.717) is 4.88 Å². The summed E-state index contributed by atoms with van der Waals surface area (Å²) in [7, 11) is 0. The van der Waals surface area contributed by atoms with Gasteiger partial charge in [-0.05, 0) is 17.4 Å². The number of thiophene rings is 1. The first kappa shape index (κ1) is 15.2. The Morgan fingerprint density at radius 3 is 2.53 bits per heavy atom. The third-order valence-electron chi connectivity index (χ3n) is 2.40. The van der Waals surface area contributed by atoms with Gasteiger partial charge in [0.15, 0.2) is 0 Å². The van der Waals surface area contributed by atoms with E-state index in [1.54, 1.807) is 31.4 Å². The molecule has 0 saturated carbocycles. The molecule has 1 atom stereocenters. The minimum absolute atomic E-state index is 0.227. The maximum atomic E-state index is 11.6. The van der Waals surface area contributed by atoms with Gasteiger partial charge in [-0.2, -0.15) is 0 Å². The number of rotatable bonds is 6. The molecule has 0 fully saturated rings. The topological polar surface area (TPSA) is 95.5 Å². The van der Waals surface area contributed by atoms with Gasteiger partial charge in [-0.25, -0.2) is 4.79 Å². The summed E-state index contributed by atoms with van der Waals surface area (Å²) in [6.07, 6.45) is 0. The molecular weight excluding hydrogens is 268 g/mol. The van der Waals surface area contributed by atoms with E-state index in [2.05, 4.69) is 10.6 Å². The SMILES string of the molecule is CC(C)C(NC(=O)CNC(=O)c1cccs1)C(=O)O.